The number of rotatable bonds is 4. The van der Waals surface area contributed by atoms with E-state index >= 15 is 0 Å². The molecule has 0 aliphatic heterocycles. The van der Waals surface area contributed by atoms with Gasteiger partial charge in [-0.05, 0) is 38.2 Å². The Bertz CT molecular complexity index is 775. The smallest absolute Gasteiger partial charge is 0.326 e. The number of carboxylic acids is 1. The average molecular weight is 306 g/mol. The third kappa shape index (κ3) is 2.18. The number of hydrogen-bond donors (Lipinski definition) is 1. The van der Waals surface area contributed by atoms with Crippen molar-refractivity contribution < 1.29 is 9.90 Å². The molecule has 3 rings (SSSR count). The SMILES string of the molecule is CCCc1nc2sc3c(c2c(=O)n1C(C)C(=O)O)CCC3. The van der Waals surface area contributed by atoms with Crippen molar-refractivity contribution in [1.82, 2.24) is 9.55 Å². The van der Waals surface area contributed by atoms with Crippen LogP contribution in [0.4, 0.5) is 0 Å². The van der Waals surface area contributed by atoms with Crippen LogP contribution in [0.5, 0.6) is 0 Å². The summed E-state index contributed by atoms with van der Waals surface area (Å²) in [5.74, 6) is -0.410. The Balaban J connectivity index is 2.32. The van der Waals surface area contributed by atoms with Gasteiger partial charge in [0.05, 0.1) is 5.39 Å². The van der Waals surface area contributed by atoms with Crippen molar-refractivity contribution in [2.75, 3.05) is 0 Å². The predicted octanol–water partition coefficient (Wildman–Crippen LogP) is 2.54. The highest BCUT2D eigenvalue weighted by molar-refractivity contribution is 7.18. The quantitative estimate of drug-likeness (QED) is 0.942. The summed E-state index contributed by atoms with van der Waals surface area (Å²) in [7, 11) is 0. The van der Waals surface area contributed by atoms with E-state index in [1.165, 1.54) is 9.44 Å². The number of aromatic nitrogens is 2. The molecule has 0 aromatic carbocycles. The van der Waals surface area contributed by atoms with Crippen molar-refractivity contribution in [3.63, 3.8) is 0 Å². The average Bonchev–Trinajstić information content (AvgIpc) is 2.98. The Morgan fingerprint density at radius 1 is 1.48 bits per heavy atom. The van der Waals surface area contributed by atoms with Gasteiger partial charge in [0, 0.05) is 11.3 Å². The van der Waals surface area contributed by atoms with E-state index in [0.717, 1.165) is 36.1 Å². The number of hydrogen-bond acceptors (Lipinski definition) is 4. The fraction of sp³-hybridized carbons (Fsp3) is 0.533. The molecule has 6 heteroatoms. The molecular weight excluding hydrogens is 288 g/mol. The molecule has 1 N–H and O–H groups in total. The van der Waals surface area contributed by atoms with Gasteiger partial charge in [-0.25, -0.2) is 9.78 Å². The monoisotopic (exact) mass is 306 g/mol. The number of aryl methyl sites for hydroxylation is 3. The second-order valence-corrected chi connectivity index (χ2v) is 6.59. The maximum Gasteiger partial charge on any atom is 0.326 e. The Kier molecular flexibility index (Phi) is 3.57. The zero-order valence-electron chi connectivity index (χ0n) is 12.2. The Hall–Kier alpha value is -1.69. The minimum atomic E-state index is -0.998. The van der Waals surface area contributed by atoms with E-state index in [1.54, 1.807) is 18.3 Å². The van der Waals surface area contributed by atoms with E-state index in [2.05, 4.69) is 4.98 Å². The van der Waals surface area contributed by atoms with Crippen LogP contribution in [-0.2, 0) is 24.1 Å². The molecule has 112 valence electrons. The van der Waals surface area contributed by atoms with Gasteiger partial charge in [0.25, 0.3) is 5.56 Å². The summed E-state index contributed by atoms with van der Waals surface area (Å²) in [6, 6.07) is -0.882. The van der Waals surface area contributed by atoms with E-state index < -0.39 is 12.0 Å². The van der Waals surface area contributed by atoms with Crippen LogP contribution in [0.2, 0.25) is 0 Å². The van der Waals surface area contributed by atoms with Crippen LogP contribution in [0.15, 0.2) is 4.79 Å². The Labute approximate surface area is 126 Å². The first-order valence-corrected chi connectivity index (χ1v) is 8.14. The van der Waals surface area contributed by atoms with Gasteiger partial charge in [-0.3, -0.25) is 9.36 Å². The summed E-state index contributed by atoms with van der Waals surface area (Å²) < 4.78 is 1.37. The molecule has 21 heavy (non-hydrogen) atoms. The molecule has 0 radical (unpaired) electrons. The molecule has 2 heterocycles. The van der Waals surface area contributed by atoms with Crippen LogP contribution < -0.4 is 5.56 Å². The molecule has 0 saturated heterocycles. The number of nitrogens with zero attached hydrogens (tertiary/aromatic N) is 2. The molecule has 1 aliphatic carbocycles. The second kappa shape index (κ2) is 5.26. The highest BCUT2D eigenvalue weighted by Crippen LogP contribution is 2.35. The lowest BCUT2D eigenvalue weighted by molar-refractivity contribution is -0.140. The molecule has 1 aliphatic rings. The standard InChI is InChI=1S/C15H18N2O3S/c1-3-5-11-16-13-12(9-6-4-7-10(9)21-13)14(18)17(11)8(2)15(19)20/h8H,3-7H2,1-2H3,(H,19,20). The summed E-state index contributed by atoms with van der Waals surface area (Å²) in [5, 5.41) is 9.94. The van der Waals surface area contributed by atoms with Gasteiger partial charge in [0.2, 0.25) is 0 Å². The topological polar surface area (TPSA) is 72.2 Å². The van der Waals surface area contributed by atoms with Gasteiger partial charge in [-0.2, -0.15) is 0 Å². The van der Waals surface area contributed by atoms with Gasteiger partial charge < -0.3 is 5.11 Å². The normalized spacial score (nSPS) is 15.3. The van der Waals surface area contributed by atoms with Crippen molar-refractivity contribution in [3.05, 3.63) is 26.6 Å². The summed E-state index contributed by atoms with van der Waals surface area (Å²) in [4.78, 5) is 30.8. The minimum Gasteiger partial charge on any atom is -0.480 e. The lowest BCUT2D eigenvalue weighted by Gasteiger charge is -2.15. The minimum absolute atomic E-state index is 0.183. The van der Waals surface area contributed by atoms with Crippen molar-refractivity contribution in [3.8, 4) is 0 Å². The van der Waals surface area contributed by atoms with Crippen LogP contribution in [0.25, 0.3) is 10.2 Å². The first-order valence-electron chi connectivity index (χ1n) is 7.33. The summed E-state index contributed by atoms with van der Waals surface area (Å²) in [5.41, 5.74) is 0.916. The van der Waals surface area contributed by atoms with E-state index in [0.29, 0.717) is 17.6 Å². The van der Waals surface area contributed by atoms with Crippen LogP contribution in [0.3, 0.4) is 0 Å². The van der Waals surface area contributed by atoms with Gasteiger partial charge in [0.15, 0.2) is 0 Å². The lowest BCUT2D eigenvalue weighted by Crippen LogP contribution is -2.32. The number of carboxylic acid groups (broad SMARTS) is 1. The first kappa shape index (κ1) is 14.3. The van der Waals surface area contributed by atoms with Crippen LogP contribution in [0.1, 0.15) is 49.0 Å². The summed E-state index contributed by atoms with van der Waals surface area (Å²) >= 11 is 1.60. The maximum absolute atomic E-state index is 12.9. The summed E-state index contributed by atoms with van der Waals surface area (Å²) in [6.07, 6.45) is 4.43. The predicted molar refractivity (Wildman–Crippen MR) is 82.2 cm³/mol. The molecule has 1 atom stereocenters. The van der Waals surface area contributed by atoms with Crippen LogP contribution in [-0.4, -0.2) is 20.6 Å². The van der Waals surface area contributed by atoms with Gasteiger partial charge in [-0.1, -0.05) is 6.92 Å². The molecular formula is C15H18N2O3S. The lowest BCUT2D eigenvalue weighted by atomic mass is 10.2. The van der Waals surface area contributed by atoms with Gasteiger partial charge in [0.1, 0.15) is 16.7 Å². The zero-order chi connectivity index (χ0) is 15.1. The highest BCUT2D eigenvalue weighted by Gasteiger charge is 2.26. The van der Waals surface area contributed by atoms with Crippen LogP contribution in [0, 0.1) is 0 Å². The molecule has 1 unspecified atom stereocenters. The van der Waals surface area contributed by atoms with Crippen molar-refractivity contribution in [1.29, 1.82) is 0 Å². The van der Waals surface area contributed by atoms with E-state index in [9.17, 15) is 14.7 Å². The Morgan fingerprint density at radius 2 is 2.24 bits per heavy atom. The second-order valence-electron chi connectivity index (χ2n) is 5.50. The fourth-order valence-electron chi connectivity index (χ4n) is 3.01. The molecule has 0 amide bonds. The third-order valence-corrected chi connectivity index (χ3v) is 5.25. The van der Waals surface area contributed by atoms with Crippen molar-refractivity contribution >= 4 is 27.5 Å². The fourth-order valence-corrected chi connectivity index (χ4v) is 4.28. The van der Waals surface area contributed by atoms with Gasteiger partial charge in [-0.15, -0.1) is 11.3 Å². The van der Waals surface area contributed by atoms with Crippen LogP contribution >= 0.6 is 11.3 Å². The Morgan fingerprint density at radius 3 is 2.90 bits per heavy atom. The van der Waals surface area contributed by atoms with Crippen molar-refractivity contribution in [2.45, 2.75) is 52.0 Å². The highest BCUT2D eigenvalue weighted by atomic mass is 32.1. The number of aliphatic carboxylic acids is 1. The van der Waals surface area contributed by atoms with E-state index in [4.69, 9.17) is 0 Å². The largest absolute Gasteiger partial charge is 0.480 e. The molecule has 2 aromatic heterocycles. The number of carbonyl (C=O) groups is 1. The first-order chi connectivity index (χ1) is 10.0. The summed E-state index contributed by atoms with van der Waals surface area (Å²) in [6.45, 7) is 3.55. The van der Waals surface area contributed by atoms with Gasteiger partial charge >= 0.3 is 5.97 Å². The maximum atomic E-state index is 12.9. The molecule has 0 saturated carbocycles. The van der Waals surface area contributed by atoms with E-state index in [-0.39, 0.29) is 5.56 Å². The molecule has 5 nitrogen and oxygen atoms in total. The molecule has 0 bridgehead atoms. The molecule has 2 aromatic rings. The van der Waals surface area contributed by atoms with Crippen molar-refractivity contribution in [2.24, 2.45) is 0 Å². The third-order valence-electron chi connectivity index (χ3n) is 4.06. The zero-order valence-corrected chi connectivity index (χ0v) is 13.0. The van der Waals surface area contributed by atoms with E-state index in [1.807, 2.05) is 6.92 Å². The number of fused-ring (bicyclic) bond motifs is 3. The molecule has 0 spiro atoms. The molecule has 0 fully saturated rings. The number of thiophene rings is 1.